The number of pyridine rings is 1. The van der Waals surface area contributed by atoms with Crippen LogP contribution < -0.4 is 10.6 Å². The van der Waals surface area contributed by atoms with Crippen molar-refractivity contribution >= 4 is 29.4 Å². The summed E-state index contributed by atoms with van der Waals surface area (Å²) in [6.45, 7) is 11.0. The summed E-state index contributed by atoms with van der Waals surface area (Å²) in [6, 6.07) is 31.5. The number of hydrogen-bond donors (Lipinski definition) is 4. The number of carbonyl (C=O) groups excluding carboxylic acids is 3. The minimum atomic E-state index is -1.09. The molecule has 6 atom stereocenters. The maximum atomic E-state index is 13.3. The summed E-state index contributed by atoms with van der Waals surface area (Å²) in [5, 5.41) is 30.1. The third-order valence-electron chi connectivity index (χ3n) is 19.4. The molecule has 4 N–H and O–H groups in total. The normalized spacial score (nSPS) is 27.3. The van der Waals surface area contributed by atoms with E-state index in [2.05, 4.69) is 111 Å². The van der Waals surface area contributed by atoms with Crippen LogP contribution in [0, 0.1) is 17.8 Å². The molecule has 11 heteroatoms. The number of ketones is 1. The number of benzene rings is 4. The third-order valence-corrected chi connectivity index (χ3v) is 19.4. The maximum absolute atomic E-state index is 13.3. The predicted octanol–water partition coefficient (Wildman–Crippen LogP) is 9.25. The largest absolute Gasteiger partial charge is 0.507 e. The molecule has 2 unspecified atom stereocenters. The standard InChI is InChI=1S/C34H37N3O4.C31H37N3O/c38-27-11-13-34(41)29-18-25-9-10-28(31(39)30(25)33(34,19-27)14-17-37(29)21-23-3-4-23)32(40)36-16-12-22-5-7-24(8-6-22)26-2-1-15-35-20-26;1-21-29-18-25-9-10-26(17-28(25)31(21,2)13-16-34(29)20-23-3-4-23)30(35)33-15-11-22-5-7-24(8-6-22)27-12-14-32-19-27/h1-2,5-10,15,20,23,29,39,41H,3-4,11-14,16-19,21H2,(H,36,40);5-10,12,17,19,21,23,29H,3-4,11,13-16,18,20H2,1-2H3,(H,33,35)/t29-,33-,34-;21?,29?,31-/m11/s1. The van der Waals surface area contributed by atoms with Crippen molar-refractivity contribution in [1.82, 2.24) is 25.4 Å². The molecule has 5 fully saturated rings. The van der Waals surface area contributed by atoms with E-state index in [1.807, 2.05) is 36.7 Å². The number of hydrogen-bond acceptors (Lipinski definition) is 9. The zero-order valence-electron chi connectivity index (χ0n) is 44.4. The number of nitrogens with one attached hydrogen (secondary N) is 2. The second-order valence-corrected chi connectivity index (χ2v) is 24.0. The van der Waals surface area contributed by atoms with Crippen LogP contribution in [0.25, 0.3) is 16.7 Å². The van der Waals surface area contributed by atoms with Crippen LogP contribution in [0.2, 0.25) is 0 Å². The summed E-state index contributed by atoms with van der Waals surface area (Å²) in [4.78, 5) is 52.9. The van der Waals surface area contributed by atoms with Crippen molar-refractivity contribution < 1.29 is 24.6 Å². The van der Waals surface area contributed by atoms with Crippen LogP contribution in [-0.2, 0) is 41.3 Å². The van der Waals surface area contributed by atoms with Crippen molar-refractivity contribution in [2.24, 2.45) is 22.7 Å². The highest BCUT2D eigenvalue weighted by Crippen LogP contribution is 2.60. The molecule has 4 aromatic carbocycles. The number of rotatable bonds is 14. The highest BCUT2D eigenvalue weighted by Gasteiger charge is 2.66. The fraction of sp³-hybridized carbons (Fsp3) is 0.462. The Bertz CT molecular complexity index is 3070. The lowest BCUT2D eigenvalue weighted by atomic mass is 9.49. The lowest BCUT2D eigenvalue weighted by molar-refractivity contribution is -0.173. The first kappa shape index (κ1) is 50.5. The number of nitrogens with zero attached hydrogens (tertiary/aromatic N) is 4. The van der Waals surface area contributed by atoms with E-state index >= 15 is 0 Å². The van der Waals surface area contributed by atoms with Crippen molar-refractivity contribution in [2.75, 3.05) is 45.8 Å². The van der Waals surface area contributed by atoms with Crippen molar-refractivity contribution in [3.05, 3.63) is 160 Å². The van der Waals surface area contributed by atoms with Crippen LogP contribution in [0.3, 0.4) is 0 Å². The number of phenols is 1. The summed E-state index contributed by atoms with van der Waals surface area (Å²) in [5.74, 6) is 2.03. The van der Waals surface area contributed by atoms with Gasteiger partial charge in [0.2, 0.25) is 0 Å². The SMILES string of the molecule is CC1C2Cc3ccc(C(=O)NCCc4ccc(C5=CCN=C5)cc4)cc3[C@]1(C)CCN2CC1CC1.O=C1CC[C@@]2(O)[C@H]3Cc4ccc(C(=O)NCCc5ccc(-c6cccnc6)cc5)c(O)c4[C@@]2(CCN3CC2CC2)C1. The fourth-order valence-electron chi connectivity index (χ4n) is 14.4. The number of carbonyl (C=O) groups is 3. The zero-order valence-corrected chi connectivity index (χ0v) is 44.4. The Hall–Kier alpha value is -6.27. The molecule has 5 aromatic rings. The highest BCUT2D eigenvalue weighted by atomic mass is 16.3. The Labute approximate surface area is 448 Å². The zero-order chi connectivity index (χ0) is 52.2. The summed E-state index contributed by atoms with van der Waals surface area (Å²) in [7, 11) is 0. The van der Waals surface area contributed by atoms with Gasteiger partial charge in [0.15, 0.2) is 0 Å². The van der Waals surface area contributed by atoms with Gasteiger partial charge in [0.1, 0.15) is 11.5 Å². The second kappa shape index (κ2) is 20.6. The van der Waals surface area contributed by atoms with E-state index in [1.165, 1.54) is 73.0 Å². The highest BCUT2D eigenvalue weighted by molar-refractivity contribution is 6.11. The van der Waals surface area contributed by atoms with Crippen LogP contribution in [0.4, 0.5) is 0 Å². The molecule has 0 spiro atoms. The van der Waals surface area contributed by atoms with Gasteiger partial charge >= 0.3 is 0 Å². The van der Waals surface area contributed by atoms with Crippen molar-refractivity contribution in [3.63, 3.8) is 0 Å². The molecule has 394 valence electrons. The number of fused-ring (bicyclic) bond motifs is 5. The molecule has 3 aliphatic heterocycles. The van der Waals surface area contributed by atoms with E-state index in [1.54, 1.807) is 12.3 Å². The monoisotopic (exact) mass is 1020 g/mol. The fourth-order valence-corrected chi connectivity index (χ4v) is 14.4. The Morgan fingerprint density at radius 2 is 1.45 bits per heavy atom. The molecule has 4 heterocycles. The van der Waals surface area contributed by atoms with E-state index in [-0.39, 0.29) is 46.8 Å². The van der Waals surface area contributed by atoms with Crippen molar-refractivity contribution in [1.29, 1.82) is 0 Å². The molecule has 11 nitrogen and oxygen atoms in total. The quantitative estimate of drug-likeness (QED) is 0.0862. The number of aliphatic hydroxyl groups is 1. The number of amides is 2. The molecule has 5 aliphatic carbocycles. The number of phenolic OH excluding ortho intramolecular Hbond substituents is 1. The summed E-state index contributed by atoms with van der Waals surface area (Å²) in [5.41, 5.74) is 10.6. The van der Waals surface area contributed by atoms with E-state index in [4.69, 9.17) is 0 Å². The van der Waals surface area contributed by atoms with Gasteiger partial charge in [-0.1, -0.05) is 86.7 Å². The minimum Gasteiger partial charge on any atom is -0.507 e. The van der Waals surface area contributed by atoms with E-state index in [0.717, 1.165) is 66.2 Å². The first-order valence-corrected chi connectivity index (χ1v) is 28.4. The lowest BCUT2D eigenvalue weighted by Gasteiger charge is -2.63. The predicted molar refractivity (Wildman–Crippen MR) is 299 cm³/mol. The summed E-state index contributed by atoms with van der Waals surface area (Å²) in [6.07, 6.45) is 19.0. The first-order chi connectivity index (χ1) is 36.9. The van der Waals surface area contributed by atoms with E-state index in [0.29, 0.717) is 68.6 Å². The third kappa shape index (κ3) is 9.66. The molecule has 0 radical (unpaired) electrons. The number of aromatic hydroxyl groups is 1. The maximum Gasteiger partial charge on any atom is 0.255 e. The molecule has 76 heavy (non-hydrogen) atoms. The molecular formula is C65H74N6O5. The van der Waals surface area contributed by atoms with Crippen LogP contribution in [0.15, 0.2) is 114 Å². The second-order valence-electron chi connectivity index (χ2n) is 24.0. The van der Waals surface area contributed by atoms with Gasteiger partial charge in [-0.2, -0.15) is 0 Å². The Kier molecular flexibility index (Phi) is 13.7. The number of aromatic nitrogens is 1. The van der Waals surface area contributed by atoms with Gasteiger partial charge < -0.3 is 20.8 Å². The molecule has 13 rings (SSSR count). The number of Topliss-reactive ketones (excluding diaryl/α,β-unsaturated/α-hetero) is 1. The van der Waals surface area contributed by atoms with Crippen molar-refractivity contribution in [2.45, 2.75) is 126 Å². The first-order valence-electron chi connectivity index (χ1n) is 28.4. The molecule has 1 aromatic heterocycles. The molecule has 2 saturated heterocycles. The van der Waals surface area contributed by atoms with Gasteiger partial charge in [-0.15, -0.1) is 0 Å². The molecule has 3 saturated carbocycles. The number of likely N-dealkylation sites (tertiary alicyclic amines) is 2. The topological polar surface area (TPSA) is 147 Å². The average molecular weight is 1020 g/mol. The van der Waals surface area contributed by atoms with Gasteiger partial charge in [0.25, 0.3) is 11.8 Å². The molecule has 4 bridgehead atoms. The molecule has 8 aliphatic rings. The van der Waals surface area contributed by atoms with Crippen LogP contribution in [0.5, 0.6) is 5.75 Å². The van der Waals surface area contributed by atoms with Gasteiger partial charge in [-0.25, -0.2) is 0 Å². The average Bonchev–Trinajstić information content (AvgIpc) is 4.35. The van der Waals surface area contributed by atoms with Gasteiger partial charge in [0, 0.05) is 86.3 Å². The van der Waals surface area contributed by atoms with Gasteiger partial charge in [0.05, 0.1) is 17.7 Å². The van der Waals surface area contributed by atoms with Gasteiger partial charge in [-0.3, -0.25) is 34.2 Å². The van der Waals surface area contributed by atoms with Crippen LogP contribution >= 0.6 is 0 Å². The number of allylic oxidation sites excluding steroid dienone is 1. The smallest absolute Gasteiger partial charge is 0.255 e. The van der Waals surface area contributed by atoms with Crippen molar-refractivity contribution in [3.8, 4) is 16.9 Å². The Morgan fingerprint density at radius 1 is 0.763 bits per heavy atom. The van der Waals surface area contributed by atoms with Crippen LogP contribution in [0.1, 0.15) is 131 Å². The van der Waals surface area contributed by atoms with E-state index < -0.39 is 11.0 Å². The van der Waals surface area contributed by atoms with E-state index in [9.17, 15) is 24.6 Å². The minimum absolute atomic E-state index is 0.0429. The summed E-state index contributed by atoms with van der Waals surface area (Å²) < 4.78 is 0. The Morgan fingerprint density at radius 3 is 2.13 bits per heavy atom. The number of aliphatic imine (C=N–C) groups is 1. The molecular weight excluding hydrogens is 945 g/mol. The number of piperidine rings is 2. The molecule has 2 amide bonds. The van der Waals surface area contributed by atoms with Crippen LogP contribution in [-0.4, -0.2) is 112 Å². The van der Waals surface area contributed by atoms with Gasteiger partial charge in [-0.05, 0) is 181 Å². The lowest BCUT2D eigenvalue weighted by Crippen LogP contribution is -2.73. The Balaban J connectivity index is 0.000000155. The summed E-state index contributed by atoms with van der Waals surface area (Å²) >= 11 is 0.